The molecule has 0 aliphatic carbocycles. The molecular weight excluding hydrogens is 354 g/mol. The zero-order chi connectivity index (χ0) is 20.4. The largest absolute Gasteiger partial charge is 0.493 e. The second-order valence-corrected chi connectivity index (χ2v) is 6.75. The number of para-hydroxylation sites is 1. The lowest BCUT2D eigenvalue weighted by molar-refractivity contribution is 0.0712. The van der Waals surface area contributed by atoms with Crippen LogP contribution in [-0.4, -0.2) is 56.6 Å². The second-order valence-electron chi connectivity index (χ2n) is 6.75. The van der Waals surface area contributed by atoms with Crippen molar-refractivity contribution in [2.45, 2.75) is 20.0 Å². The van der Waals surface area contributed by atoms with Gasteiger partial charge in [0.05, 0.1) is 7.11 Å². The van der Waals surface area contributed by atoms with Gasteiger partial charge in [-0.3, -0.25) is 0 Å². The van der Waals surface area contributed by atoms with E-state index in [0.717, 1.165) is 16.9 Å². The predicted molar refractivity (Wildman–Crippen MR) is 113 cm³/mol. The van der Waals surface area contributed by atoms with Crippen LogP contribution in [0.4, 0.5) is 0 Å². The minimum absolute atomic E-state index is 0.197. The molecule has 0 amide bonds. The number of benzene rings is 2. The average Bonchev–Trinajstić information content (AvgIpc) is 2.68. The maximum absolute atomic E-state index is 10.3. The number of hydrogen-bond donors (Lipinski definition) is 1. The van der Waals surface area contributed by atoms with E-state index in [-0.39, 0.29) is 6.61 Å². The summed E-state index contributed by atoms with van der Waals surface area (Å²) < 4.78 is 16.9. The van der Waals surface area contributed by atoms with Crippen molar-refractivity contribution in [3.8, 4) is 17.2 Å². The molecule has 0 radical (unpaired) electrons. The summed E-state index contributed by atoms with van der Waals surface area (Å²) >= 11 is 0. The highest BCUT2D eigenvalue weighted by atomic mass is 16.5. The summed E-state index contributed by atoms with van der Waals surface area (Å²) in [5.74, 6) is 2.18. The Hall–Kier alpha value is -2.50. The van der Waals surface area contributed by atoms with Gasteiger partial charge in [0, 0.05) is 13.1 Å². The minimum Gasteiger partial charge on any atom is -0.493 e. The molecule has 0 saturated carbocycles. The van der Waals surface area contributed by atoms with Gasteiger partial charge in [-0.15, -0.1) is 0 Å². The molecule has 0 spiro atoms. The van der Waals surface area contributed by atoms with Crippen molar-refractivity contribution in [3.05, 3.63) is 59.7 Å². The van der Waals surface area contributed by atoms with Crippen LogP contribution in [0.2, 0.25) is 0 Å². The molecule has 0 heterocycles. The van der Waals surface area contributed by atoms with Crippen LogP contribution in [0.1, 0.15) is 18.1 Å². The summed E-state index contributed by atoms with van der Waals surface area (Å²) in [5, 5.41) is 10.3. The fourth-order valence-corrected chi connectivity index (χ4v) is 2.82. The van der Waals surface area contributed by atoms with Crippen LogP contribution in [0.5, 0.6) is 17.2 Å². The van der Waals surface area contributed by atoms with Gasteiger partial charge >= 0.3 is 0 Å². The summed E-state index contributed by atoms with van der Waals surface area (Å²) in [7, 11) is 3.57. The Morgan fingerprint density at radius 1 is 1.07 bits per heavy atom. The predicted octanol–water partition coefficient (Wildman–Crippen LogP) is 3.79. The molecule has 1 unspecified atom stereocenters. The average molecular weight is 386 g/mol. The molecule has 28 heavy (non-hydrogen) atoms. The van der Waals surface area contributed by atoms with Gasteiger partial charge in [0.1, 0.15) is 25.1 Å². The minimum atomic E-state index is -0.608. The molecule has 5 heteroatoms. The molecule has 0 aromatic heterocycles. The van der Waals surface area contributed by atoms with E-state index in [2.05, 4.69) is 0 Å². The third-order valence-electron chi connectivity index (χ3n) is 4.32. The summed E-state index contributed by atoms with van der Waals surface area (Å²) in [6.45, 7) is 5.97. The maximum Gasteiger partial charge on any atom is 0.161 e. The molecular formula is C23H31NO4. The molecule has 2 aromatic carbocycles. The number of aliphatic hydroxyl groups is 1. The van der Waals surface area contributed by atoms with Crippen LogP contribution in [-0.2, 0) is 0 Å². The van der Waals surface area contributed by atoms with Gasteiger partial charge in [0.2, 0.25) is 0 Å². The first-order valence-electron chi connectivity index (χ1n) is 9.52. The zero-order valence-corrected chi connectivity index (χ0v) is 17.2. The van der Waals surface area contributed by atoms with E-state index in [1.165, 1.54) is 0 Å². The van der Waals surface area contributed by atoms with Crippen molar-refractivity contribution in [1.82, 2.24) is 4.90 Å². The van der Waals surface area contributed by atoms with Gasteiger partial charge in [-0.05, 0) is 50.2 Å². The van der Waals surface area contributed by atoms with E-state index in [1.54, 1.807) is 7.11 Å². The van der Waals surface area contributed by atoms with E-state index in [4.69, 9.17) is 14.2 Å². The molecule has 0 fully saturated rings. The molecule has 1 atom stereocenters. The van der Waals surface area contributed by atoms with Gasteiger partial charge < -0.3 is 24.2 Å². The lowest BCUT2D eigenvalue weighted by atomic mass is 10.2. The molecule has 0 aliphatic heterocycles. The molecule has 2 aromatic rings. The lowest BCUT2D eigenvalue weighted by Crippen LogP contribution is -2.35. The van der Waals surface area contributed by atoms with Gasteiger partial charge in [0.15, 0.2) is 11.5 Å². The highest BCUT2D eigenvalue weighted by molar-refractivity contribution is 5.55. The highest BCUT2D eigenvalue weighted by Gasteiger charge is 2.12. The van der Waals surface area contributed by atoms with E-state index in [1.807, 2.05) is 80.4 Å². The van der Waals surface area contributed by atoms with Crippen LogP contribution in [0.25, 0.3) is 6.08 Å². The molecule has 2 rings (SSSR count). The van der Waals surface area contributed by atoms with Crippen LogP contribution in [0.15, 0.2) is 48.5 Å². The third kappa shape index (κ3) is 6.91. The monoisotopic (exact) mass is 385 g/mol. The Morgan fingerprint density at radius 3 is 2.57 bits per heavy atom. The third-order valence-corrected chi connectivity index (χ3v) is 4.32. The number of methoxy groups -OCH3 is 1. The maximum atomic E-state index is 10.3. The van der Waals surface area contributed by atoms with E-state index in [9.17, 15) is 5.11 Å². The Bertz CT molecular complexity index is 760. The van der Waals surface area contributed by atoms with Gasteiger partial charge in [0.25, 0.3) is 0 Å². The SMILES string of the molecule is C/C=C/c1ccc(OCC(O)CN(C)CCOc2ccccc2C)c(OC)c1. The second kappa shape index (κ2) is 11.4. The number of likely N-dealkylation sites (N-methyl/N-ethyl adjacent to an activating group) is 1. The molecule has 5 nitrogen and oxygen atoms in total. The number of aliphatic hydroxyl groups excluding tert-OH is 1. The van der Waals surface area contributed by atoms with Gasteiger partial charge in [-0.2, -0.15) is 0 Å². The molecule has 152 valence electrons. The number of ether oxygens (including phenoxy) is 3. The van der Waals surface area contributed by atoms with Crippen molar-refractivity contribution in [2.24, 2.45) is 0 Å². The topological polar surface area (TPSA) is 51.2 Å². The molecule has 1 N–H and O–H groups in total. The quantitative estimate of drug-likeness (QED) is 0.638. The first kappa shape index (κ1) is 21.8. The highest BCUT2D eigenvalue weighted by Crippen LogP contribution is 2.28. The first-order valence-corrected chi connectivity index (χ1v) is 9.52. The number of aryl methyl sites for hydroxylation is 1. The molecule has 0 bridgehead atoms. The van der Waals surface area contributed by atoms with Crippen molar-refractivity contribution < 1.29 is 19.3 Å². The Kier molecular flexibility index (Phi) is 8.85. The normalized spacial score (nSPS) is 12.4. The fourth-order valence-electron chi connectivity index (χ4n) is 2.82. The molecule has 0 saturated heterocycles. The number of allylic oxidation sites excluding steroid dienone is 1. The van der Waals surface area contributed by atoms with Crippen molar-refractivity contribution in [3.63, 3.8) is 0 Å². The summed E-state index contributed by atoms with van der Waals surface area (Å²) in [4.78, 5) is 2.03. The number of rotatable bonds is 11. The van der Waals surface area contributed by atoms with Gasteiger partial charge in [-0.25, -0.2) is 0 Å². The summed E-state index contributed by atoms with van der Waals surface area (Å²) in [6.07, 6.45) is 3.36. The van der Waals surface area contributed by atoms with Crippen LogP contribution in [0.3, 0.4) is 0 Å². The smallest absolute Gasteiger partial charge is 0.161 e. The summed E-state index contributed by atoms with van der Waals surface area (Å²) in [5.41, 5.74) is 2.16. The van der Waals surface area contributed by atoms with Crippen molar-refractivity contribution >= 4 is 6.08 Å². The fraction of sp³-hybridized carbons (Fsp3) is 0.391. The van der Waals surface area contributed by atoms with Crippen LogP contribution < -0.4 is 14.2 Å². The van der Waals surface area contributed by atoms with Crippen LogP contribution >= 0.6 is 0 Å². The van der Waals surface area contributed by atoms with E-state index < -0.39 is 6.10 Å². The number of nitrogens with zero attached hydrogens (tertiary/aromatic N) is 1. The van der Waals surface area contributed by atoms with E-state index in [0.29, 0.717) is 31.2 Å². The molecule has 0 aliphatic rings. The summed E-state index contributed by atoms with van der Waals surface area (Å²) in [6, 6.07) is 13.7. The zero-order valence-electron chi connectivity index (χ0n) is 17.2. The first-order chi connectivity index (χ1) is 13.5. The van der Waals surface area contributed by atoms with Crippen LogP contribution in [0, 0.1) is 6.92 Å². The Balaban J connectivity index is 1.75. The lowest BCUT2D eigenvalue weighted by Gasteiger charge is -2.21. The standard InChI is InChI=1S/C23H31NO4/c1-5-8-19-11-12-22(23(15-19)26-4)28-17-20(25)16-24(3)13-14-27-21-10-7-6-9-18(21)2/h5-12,15,20,25H,13-14,16-17H2,1-4H3/b8-5+. The van der Waals surface area contributed by atoms with Gasteiger partial charge in [-0.1, -0.05) is 36.4 Å². The van der Waals surface area contributed by atoms with Crippen molar-refractivity contribution in [2.75, 3.05) is 40.5 Å². The Labute approximate surface area is 168 Å². The van der Waals surface area contributed by atoms with E-state index >= 15 is 0 Å². The number of hydrogen-bond acceptors (Lipinski definition) is 5. The Morgan fingerprint density at radius 2 is 1.86 bits per heavy atom. The van der Waals surface area contributed by atoms with Crippen molar-refractivity contribution in [1.29, 1.82) is 0 Å².